The molecule has 0 aliphatic heterocycles. The van der Waals surface area contributed by atoms with Gasteiger partial charge < -0.3 is 0 Å². The lowest BCUT2D eigenvalue weighted by Crippen LogP contribution is -1.94. The van der Waals surface area contributed by atoms with Crippen LogP contribution in [0, 0.1) is 32.8 Å². The van der Waals surface area contributed by atoms with Crippen LogP contribution in [0.15, 0.2) is 24.3 Å². The van der Waals surface area contributed by atoms with E-state index < -0.39 is 10.8 Å². The predicted molar refractivity (Wildman–Crippen MR) is 47.1 cm³/mol. The molecule has 0 saturated carbocycles. The van der Waals surface area contributed by atoms with Gasteiger partial charge in [0.25, 0.3) is 5.69 Å². The number of hydrogen-bond donors (Lipinski definition) is 0. The van der Waals surface area contributed by atoms with E-state index in [4.69, 9.17) is 10.5 Å². The molecule has 0 amide bonds. The average molecular weight is 187 g/mol. The van der Waals surface area contributed by atoms with Gasteiger partial charge in [0.15, 0.2) is 5.92 Å². The highest BCUT2D eigenvalue weighted by Crippen LogP contribution is 2.19. The van der Waals surface area contributed by atoms with Gasteiger partial charge in [-0.3, -0.25) is 10.1 Å². The van der Waals surface area contributed by atoms with Gasteiger partial charge in [-0.15, -0.1) is 0 Å². The highest BCUT2D eigenvalue weighted by atomic mass is 16.6. The van der Waals surface area contributed by atoms with Crippen LogP contribution >= 0.6 is 0 Å². The van der Waals surface area contributed by atoms with E-state index in [9.17, 15) is 10.1 Å². The molecule has 1 aromatic carbocycles. The molecule has 14 heavy (non-hydrogen) atoms. The summed E-state index contributed by atoms with van der Waals surface area (Å²) < 4.78 is 0. The average Bonchev–Trinajstić information content (AvgIpc) is 2.20. The van der Waals surface area contributed by atoms with Crippen molar-refractivity contribution >= 4 is 5.69 Å². The molecular formula is C9H5N3O2. The Morgan fingerprint density at radius 1 is 1.36 bits per heavy atom. The SMILES string of the molecule is N#CC(C#N)c1cccc([N+](=O)[O-])c1. The highest BCUT2D eigenvalue weighted by Gasteiger charge is 2.12. The summed E-state index contributed by atoms with van der Waals surface area (Å²) in [5, 5.41) is 27.5. The number of nitriles is 2. The first kappa shape index (κ1) is 9.69. The zero-order chi connectivity index (χ0) is 10.6. The zero-order valence-electron chi connectivity index (χ0n) is 7.04. The standard InChI is InChI=1S/C9H5N3O2/c10-5-8(6-11)7-2-1-3-9(4-7)12(13)14/h1-4,8H. The van der Waals surface area contributed by atoms with E-state index in [0.717, 1.165) is 0 Å². The molecule has 0 heterocycles. The van der Waals surface area contributed by atoms with Gasteiger partial charge in [-0.1, -0.05) is 12.1 Å². The van der Waals surface area contributed by atoms with Crippen molar-refractivity contribution in [2.24, 2.45) is 0 Å². The Kier molecular flexibility index (Phi) is 2.78. The minimum absolute atomic E-state index is 0.113. The molecule has 0 saturated heterocycles. The lowest BCUT2D eigenvalue weighted by molar-refractivity contribution is -0.384. The van der Waals surface area contributed by atoms with E-state index in [2.05, 4.69) is 0 Å². The lowest BCUT2D eigenvalue weighted by Gasteiger charge is -1.98. The Labute approximate surface area is 80.0 Å². The smallest absolute Gasteiger partial charge is 0.258 e. The summed E-state index contributed by atoms with van der Waals surface area (Å²) in [5.74, 6) is -0.949. The minimum atomic E-state index is -0.949. The second kappa shape index (κ2) is 4.01. The van der Waals surface area contributed by atoms with Gasteiger partial charge >= 0.3 is 0 Å². The molecule has 0 aromatic heterocycles. The van der Waals surface area contributed by atoms with Crippen molar-refractivity contribution in [2.75, 3.05) is 0 Å². The Bertz CT molecular complexity index is 428. The van der Waals surface area contributed by atoms with Crippen molar-refractivity contribution in [3.05, 3.63) is 39.9 Å². The van der Waals surface area contributed by atoms with Gasteiger partial charge in [0, 0.05) is 12.1 Å². The van der Waals surface area contributed by atoms with Crippen molar-refractivity contribution < 1.29 is 4.92 Å². The van der Waals surface area contributed by atoms with Gasteiger partial charge in [-0.05, 0) is 5.56 Å². The Balaban J connectivity index is 3.14. The monoisotopic (exact) mass is 187 g/mol. The maximum absolute atomic E-state index is 10.4. The quantitative estimate of drug-likeness (QED) is 0.520. The molecule has 0 radical (unpaired) electrons. The zero-order valence-corrected chi connectivity index (χ0v) is 7.04. The summed E-state index contributed by atoms with van der Waals surface area (Å²) in [4.78, 5) is 9.83. The Morgan fingerprint density at radius 3 is 2.50 bits per heavy atom. The normalized spacial score (nSPS) is 9.07. The molecule has 0 aliphatic rings. The van der Waals surface area contributed by atoms with Crippen molar-refractivity contribution in [3.63, 3.8) is 0 Å². The van der Waals surface area contributed by atoms with Crippen LogP contribution < -0.4 is 0 Å². The van der Waals surface area contributed by atoms with E-state index in [1.165, 1.54) is 24.3 Å². The van der Waals surface area contributed by atoms with Crippen LogP contribution in [-0.2, 0) is 0 Å². The van der Waals surface area contributed by atoms with Crippen molar-refractivity contribution in [2.45, 2.75) is 5.92 Å². The second-order valence-corrected chi connectivity index (χ2v) is 2.54. The molecule has 0 bridgehead atoms. The third kappa shape index (κ3) is 1.85. The molecular weight excluding hydrogens is 182 g/mol. The molecule has 68 valence electrons. The van der Waals surface area contributed by atoms with Gasteiger partial charge in [0.05, 0.1) is 17.1 Å². The lowest BCUT2D eigenvalue weighted by atomic mass is 10.0. The number of nitro benzene ring substituents is 1. The first-order valence-corrected chi connectivity index (χ1v) is 3.72. The number of nitro groups is 1. The van der Waals surface area contributed by atoms with E-state index >= 15 is 0 Å². The number of benzene rings is 1. The summed E-state index contributed by atoms with van der Waals surface area (Å²) in [6.07, 6.45) is 0. The highest BCUT2D eigenvalue weighted by molar-refractivity contribution is 5.40. The van der Waals surface area contributed by atoms with Crippen LogP contribution in [0.3, 0.4) is 0 Å². The maximum atomic E-state index is 10.4. The molecule has 5 nitrogen and oxygen atoms in total. The van der Waals surface area contributed by atoms with Crippen LogP contribution in [0.2, 0.25) is 0 Å². The first-order chi connectivity index (χ1) is 6.69. The van der Waals surface area contributed by atoms with E-state index in [-0.39, 0.29) is 5.69 Å². The van der Waals surface area contributed by atoms with Crippen molar-refractivity contribution in [3.8, 4) is 12.1 Å². The van der Waals surface area contributed by atoms with E-state index in [1.807, 2.05) is 0 Å². The van der Waals surface area contributed by atoms with Gasteiger partial charge in [-0.25, -0.2) is 0 Å². The van der Waals surface area contributed by atoms with Gasteiger partial charge in [0.1, 0.15) is 0 Å². The van der Waals surface area contributed by atoms with E-state index in [0.29, 0.717) is 5.56 Å². The maximum Gasteiger partial charge on any atom is 0.269 e. The van der Waals surface area contributed by atoms with Crippen molar-refractivity contribution in [1.82, 2.24) is 0 Å². The molecule has 0 unspecified atom stereocenters. The topological polar surface area (TPSA) is 90.7 Å². The fraction of sp³-hybridized carbons (Fsp3) is 0.111. The Morgan fingerprint density at radius 2 is 2.00 bits per heavy atom. The fourth-order valence-electron chi connectivity index (χ4n) is 0.996. The number of rotatable bonds is 2. The summed E-state index contributed by atoms with van der Waals surface area (Å²) in [6.45, 7) is 0. The van der Waals surface area contributed by atoms with Crippen molar-refractivity contribution in [1.29, 1.82) is 10.5 Å². The molecule has 1 aromatic rings. The molecule has 5 heteroatoms. The fourth-order valence-corrected chi connectivity index (χ4v) is 0.996. The molecule has 0 atom stereocenters. The molecule has 0 fully saturated rings. The number of hydrogen-bond acceptors (Lipinski definition) is 4. The van der Waals surface area contributed by atoms with Crippen LogP contribution in [0.4, 0.5) is 5.69 Å². The predicted octanol–water partition coefficient (Wildman–Crippen LogP) is 1.73. The van der Waals surface area contributed by atoms with Gasteiger partial charge in [0.2, 0.25) is 0 Å². The van der Waals surface area contributed by atoms with Crippen LogP contribution in [-0.4, -0.2) is 4.92 Å². The largest absolute Gasteiger partial charge is 0.269 e. The third-order valence-electron chi connectivity index (χ3n) is 1.67. The summed E-state index contributed by atoms with van der Waals surface area (Å²) in [7, 11) is 0. The number of non-ortho nitro benzene ring substituents is 1. The molecule has 0 aliphatic carbocycles. The number of nitrogens with zero attached hydrogens (tertiary/aromatic N) is 3. The third-order valence-corrected chi connectivity index (χ3v) is 1.67. The van der Waals surface area contributed by atoms with Crippen LogP contribution in [0.5, 0.6) is 0 Å². The first-order valence-electron chi connectivity index (χ1n) is 3.72. The summed E-state index contributed by atoms with van der Waals surface area (Å²) in [6, 6.07) is 9.02. The Hall–Kier alpha value is -2.40. The molecule has 0 spiro atoms. The molecule has 1 rings (SSSR count). The summed E-state index contributed by atoms with van der Waals surface area (Å²) >= 11 is 0. The van der Waals surface area contributed by atoms with Crippen LogP contribution in [0.25, 0.3) is 0 Å². The minimum Gasteiger partial charge on any atom is -0.258 e. The van der Waals surface area contributed by atoms with E-state index in [1.54, 1.807) is 12.1 Å². The second-order valence-electron chi connectivity index (χ2n) is 2.54. The van der Waals surface area contributed by atoms with Crippen LogP contribution in [0.1, 0.15) is 11.5 Å². The molecule has 0 N–H and O–H groups in total. The summed E-state index contributed by atoms with van der Waals surface area (Å²) in [5.41, 5.74) is 0.238. The van der Waals surface area contributed by atoms with Gasteiger partial charge in [-0.2, -0.15) is 10.5 Å².